The Morgan fingerprint density at radius 3 is 2.77 bits per heavy atom. The number of rotatable bonds is 7. The summed E-state index contributed by atoms with van der Waals surface area (Å²) >= 11 is 0. The van der Waals surface area contributed by atoms with Gasteiger partial charge < -0.3 is 15.2 Å². The molecule has 6 heteroatoms. The molecule has 0 radical (unpaired) electrons. The van der Waals surface area contributed by atoms with Crippen molar-refractivity contribution in [1.29, 1.82) is 0 Å². The van der Waals surface area contributed by atoms with Gasteiger partial charge in [0.25, 0.3) is 0 Å². The predicted molar refractivity (Wildman–Crippen MR) is 101 cm³/mol. The van der Waals surface area contributed by atoms with E-state index < -0.39 is 0 Å². The summed E-state index contributed by atoms with van der Waals surface area (Å²) in [5, 5.41) is 13.2. The van der Waals surface area contributed by atoms with Crippen LogP contribution in [0.2, 0.25) is 0 Å². The van der Waals surface area contributed by atoms with E-state index in [1.54, 1.807) is 36.8 Å². The quantitative estimate of drug-likeness (QED) is 0.664. The average Bonchev–Trinajstić information content (AvgIpc) is 2.69. The minimum Gasteiger partial charge on any atom is -0.504 e. The molecule has 2 N–H and O–H groups in total. The molecule has 0 fully saturated rings. The van der Waals surface area contributed by atoms with Crippen molar-refractivity contribution < 1.29 is 9.84 Å². The highest BCUT2D eigenvalue weighted by atomic mass is 16.5. The number of benzene rings is 1. The van der Waals surface area contributed by atoms with E-state index in [4.69, 9.17) is 4.74 Å². The van der Waals surface area contributed by atoms with E-state index in [0.717, 1.165) is 24.0 Å². The molecule has 1 aromatic carbocycles. The summed E-state index contributed by atoms with van der Waals surface area (Å²) < 4.78 is 5.17. The molecule has 0 saturated carbocycles. The molecular weight excluding hydrogens is 328 g/mol. The zero-order valence-corrected chi connectivity index (χ0v) is 14.9. The Morgan fingerprint density at radius 2 is 2.04 bits per heavy atom. The van der Waals surface area contributed by atoms with Crippen LogP contribution in [0.3, 0.4) is 0 Å². The van der Waals surface area contributed by atoms with Crippen LogP contribution in [0.1, 0.15) is 31.4 Å². The molecule has 6 nitrogen and oxygen atoms in total. The summed E-state index contributed by atoms with van der Waals surface area (Å²) in [6, 6.07) is 9.23. The standard InChI is InChI=1S/C20H22N4O2/c1-3-5-16(15-6-4-9-21-11-15)23-20-13-22-12-17(24-20)14-7-8-18(25)19(10-14)26-2/h4,6-13,16,25H,3,5H2,1-2H3,(H,23,24)/t16-/m1/s1. The van der Waals surface area contributed by atoms with Gasteiger partial charge in [0.15, 0.2) is 11.5 Å². The number of aromatic nitrogens is 3. The summed E-state index contributed by atoms with van der Waals surface area (Å²) in [7, 11) is 1.52. The van der Waals surface area contributed by atoms with Crippen molar-refractivity contribution in [2.45, 2.75) is 25.8 Å². The Labute approximate surface area is 152 Å². The maximum absolute atomic E-state index is 9.76. The number of hydrogen-bond acceptors (Lipinski definition) is 6. The first-order valence-corrected chi connectivity index (χ1v) is 8.57. The smallest absolute Gasteiger partial charge is 0.161 e. The van der Waals surface area contributed by atoms with E-state index in [1.807, 2.05) is 12.3 Å². The number of anilines is 1. The van der Waals surface area contributed by atoms with Crippen molar-refractivity contribution in [3.63, 3.8) is 0 Å². The van der Waals surface area contributed by atoms with Gasteiger partial charge in [0.1, 0.15) is 5.82 Å². The molecule has 3 aromatic rings. The molecular formula is C20H22N4O2. The zero-order chi connectivity index (χ0) is 18.4. The first kappa shape index (κ1) is 17.7. The largest absolute Gasteiger partial charge is 0.504 e. The lowest BCUT2D eigenvalue weighted by Crippen LogP contribution is -2.12. The molecule has 0 unspecified atom stereocenters. The van der Waals surface area contributed by atoms with Crippen molar-refractivity contribution in [2.24, 2.45) is 0 Å². The van der Waals surface area contributed by atoms with Gasteiger partial charge in [0.05, 0.1) is 31.2 Å². The summed E-state index contributed by atoms with van der Waals surface area (Å²) in [6.45, 7) is 2.15. The first-order valence-electron chi connectivity index (χ1n) is 8.57. The number of phenols is 1. The zero-order valence-electron chi connectivity index (χ0n) is 14.9. The number of methoxy groups -OCH3 is 1. The minimum absolute atomic E-state index is 0.0954. The number of pyridine rings is 1. The van der Waals surface area contributed by atoms with Crippen LogP contribution in [-0.4, -0.2) is 27.2 Å². The van der Waals surface area contributed by atoms with Crippen LogP contribution < -0.4 is 10.1 Å². The van der Waals surface area contributed by atoms with E-state index in [1.165, 1.54) is 7.11 Å². The van der Waals surface area contributed by atoms with Crippen LogP contribution in [0.15, 0.2) is 55.1 Å². The highest BCUT2D eigenvalue weighted by Gasteiger charge is 2.13. The number of hydrogen-bond donors (Lipinski definition) is 2. The van der Waals surface area contributed by atoms with E-state index in [0.29, 0.717) is 17.3 Å². The normalized spacial score (nSPS) is 11.8. The van der Waals surface area contributed by atoms with Crippen LogP contribution in [-0.2, 0) is 0 Å². The average molecular weight is 350 g/mol. The predicted octanol–water partition coefficient (Wildman–Crippen LogP) is 4.21. The maximum atomic E-state index is 9.76. The maximum Gasteiger partial charge on any atom is 0.161 e. The Balaban J connectivity index is 1.86. The minimum atomic E-state index is 0.0954. The van der Waals surface area contributed by atoms with Crippen LogP contribution in [0.5, 0.6) is 11.5 Å². The molecule has 0 aliphatic rings. The van der Waals surface area contributed by atoms with Gasteiger partial charge >= 0.3 is 0 Å². The summed E-state index contributed by atoms with van der Waals surface area (Å²) in [5.41, 5.74) is 2.65. The number of ether oxygens (including phenoxy) is 1. The molecule has 2 heterocycles. The van der Waals surface area contributed by atoms with E-state index in [9.17, 15) is 5.11 Å². The highest BCUT2D eigenvalue weighted by molar-refractivity contribution is 5.64. The van der Waals surface area contributed by atoms with Crippen LogP contribution >= 0.6 is 0 Å². The van der Waals surface area contributed by atoms with Crippen molar-refractivity contribution in [2.75, 3.05) is 12.4 Å². The fourth-order valence-electron chi connectivity index (χ4n) is 2.78. The Morgan fingerprint density at radius 1 is 1.15 bits per heavy atom. The van der Waals surface area contributed by atoms with Gasteiger partial charge in [-0.25, -0.2) is 4.98 Å². The summed E-state index contributed by atoms with van der Waals surface area (Å²) in [6.07, 6.45) is 9.04. The van der Waals surface area contributed by atoms with Gasteiger partial charge in [-0.3, -0.25) is 9.97 Å². The molecule has 134 valence electrons. The second-order valence-corrected chi connectivity index (χ2v) is 5.95. The third-order valence-corrected chi connectivity index (χ3v) is 4.10. The number of nitrogens with one attached hydrogen (secondary N) is 1. The van der Waals surface area contributed by atoms with E-state index in [-0.39, 0.29) is 11.8 Å². The van der Waals surface area contributed by atoms with Gasteiger partial charge in [-0.2, -0.15) is 0 Å². The van der Waals surface area contributed by atoms with E-state index >= 15 is 0 Å². The Bertz CT molecular complexity index is 855. The van der Waals surface area contributed by atoms with Crippen molar-refractivity contribution in [3.8, 4) is 22.8 Å². The molecule has 1 atom stereocenters. The van der Waals surface area contributed by atoms with Gasteiger partial charge in [-0.15, -0.1) is 0 Å². The van der Waals surface area contributed by atoms with Gasteiger partial charge in [0.2, 0.25) is 0 Å². The van der Waals surface area contributed by atoms with E-state index in [2.05, 4.69) is 33.3 Å². The lowest BCUT2D eigenvalue weighted by molar-refractivity contribution is 0.373. The molecule has 3 rings (SSSR count). The molecule has 0 aliphatic heterocycles. The van der Waals surface area contributed by atoms with Crippen LogP contribution in [0, 0.1) is 0 Å². The van der Waals surface area contributed by atoms with Gasteiger partial charge in [0, 0.05) is 18.0 Å². The number of aromatic hydroxyl groups is 1. The SMILES string of the molecule is CCC[C@@H](Nc1cncc(-c2ccc(O)c(OC)c2)n1)c1cccnc1. The van der Waals surface area contributed by atoms with Crippen molar-refractivity contribution in [3.05, 3.63) is 60.7 Å². The summed E-state index contributed by atoms with van der Waals surface area (Å²) in [4.78, 5) is 13.2. The topological polar surface area (TPSA) is 80.2 Å². The third-order valence-electron chi connectivity index (χ3n) is 4.10. The lowest BCUT2D eigenvalue weighted by Gasteiger charge is -2.19. The van der Waals surface area contributed by atoms with Crippen molar-refractivity contribution >= 4 is 5.82 Å². The molecule has 0 bridgehead atoms. The monoisotopic (exact) mass is 350 g/mol. The van der Waals surface area contributed by atoms with Crippen LogP contribution in [0.4, 0.5) is 5.82 Å². The second-order valence-electron chi connectivity index (χ2n) is 5.95. The third kappa shape index (κ3) is 4.08. The lowest BCUT2D eigenvalue weighted by atomic mass is 10.0. The Kier molecular flexibility index (Phi) is 5.63. The highest BCUT2D eigenvalue weighted by Crippen LogP contribution is 2.31. The molecule has 2 aromatic heterocycles. The molecule has 0 aliphatic carbocycles. The summed E-state index contributed by atoms with van der Waals surface area (Å²) in [5.74, 6) is 1.19. The van der Waals surface area contributed by atoms with Gasteiger partial charge in [-0.1, -0.05) is 19.4 Å². The van der Waals surface area contributed by atoms with Crippen LogP contribution in [0.25, 0.3) is 11.3 Å². The molecule has 0 amide bonds. The van der Waals surface area contributed by atoms with Gasteiger partial charge in [-0.05, 0) is 36.2 Å². The Hall–Kier alpha value is -3.15. The fourth-order valence-corrected chi connectivity index (χ4v) is 2.78. The van der Waals surface area contributed by atoms with Crippen molar-refractivity contribution in [1.82, 2.24) is 15.0 Å². The molecule has 26 heavy (non-hydrogen) atoms. The second kappa shape index (κ2) is 8.29. The number of phenolic OH excluding ortho intramolecular Hbond substituents is 1. The molecule has 0 spiro atoms. The first-order chi connectivity index (χ1) is 12.7. The fraction of sp³-hybridized carbons (Fsp3) is 0.250. The number of nitrogens with zero attached hydrogens (tertiary/aromatic N) is 3. The molecule has 0 saturated heterocycles.